The second-order valence-electron chi connectivity index (χ2n) is 3.75. The molecule has 3 N–H and O–H groups in total. The fourth-order valence-electron chi connectivity index (χ4n) is 1.35. The van der Waals surface area contributed by atoms with Gasteiger partial charge in [0.15, 0.2) is 11.5 Å². The Morgan fingerprint density at radius 1 is 1.44 bits per heavy atom. The number of hydrogen-bond acceptors (Lipinski definition) is 5. The summed E-state index contributed by atoms with van der Waals surface area (Å²) >= 11 is 0. The third-order valence-electron chi connectivity index (χ3n) is 2.32. The van der Waals surface area contributed by atoms with Gasteiger partial charge < -0.3 is 9.26 Å². The summed E-state index contributed by atoms with van der Waals surface area (Å²) in [6.45, 7) is 2.20. The number of hydrogen-bond donors (Lipinski definition) is 2. The van der Waals surface area contributed by atoms with Crippen LogP contribution in [-0.2, 0) is 6.61 Å². The molecule has 0 aliphatic rings. The Balaban J connectivity index is 1.96. The molecule has 0 aliphatic heterocycles. The molecule has 0 saturated carbocycles. The van der Waals surface area contributed by atoms with Crippen molar-refractivity contribution in [3.63, 3.8) is 0 Å². The molecule has 0 fully saturated rings. The zero-order valence-corrected chi connectivity index (χ0v) is 9.84. The number of benzene rings is 1. The van der Waals surface area contributed by atoms with E-state index in [1.807, 2.05) is 36.6 Å². The number of nitrogens with one attached hydrogen (secondary N) is 1. The van der Waals surface area contributed by atoms with Crippen molar-refractivity contribution in [1.29, 1.82) is 0 Å². The molecule has 1 heterocycles. The number of ether oxygens (including phenoxy) is 1. The molecule has 6 heteroatoms. The lowest BCUT2D eigenvalue weighted by molar-refractivity contribution is 0.0944. The van der Waals surface area contributed by atoms with E-state index in [0.717, 1.165) is 11.3 Å². The normalized spacial score (nSPS) is 10.1. The topological polar surface area (TPSA) is 90.4 Å². The number of rotatable bonds is 4. The minimum atomic E-state index is -0.500. The highest BCUT2D eigenvalue weighted by atomic mass is 16.5. The number of nitrogens with two attached hydrogens (primary N) is 1. The van der Waals surface area contributed by atoms with Crippen LogP contribution >= 0.6 is 0 Å². The Kier molecular flexibility index (Phi) is 3.59. The minimum absolute atomic E-state index is 0.125. The van der Waals surface area contributed by atoms with Gasteiger partial charge >= 0.3 is 0 Å². The predicted octanol–water partition coefficient (Wildman–Crippen LogP) is 1.17. The maximum absolute atomic E-state index is 11.1. The molecule has 0 atom stereocenters. The van der Waals surface area contributed by atoms with Gasteiger partial charge in [-0.15, -0.1) is 0 Å². The van der Waals surface area contributed by atoms with Crippen molar-refractivity contribution >= 4 is 5.91 Å². The van der Waals surface area contributed by atoms with Gasteiger partial charge in [-0.1, -0.05) is 22.9 Å². The van der Waals surface area contributed by atoms with E-state index in [2.05, 4.69) is 5.16 Å². The second-order valence-corrected chi connectivity index (χ2v) is 3.75. The van der Waals surface area contributed by atoms with Gasteiger partial charge in [0.25, 0.3) is 5.91 Å². The first kappa shape index (κ1) is 12.1. The molecule has 0 saturated heterocycles. The van der Waals surface area contributed by atoms with Gasteiger partial charge in [0.2, 0.25) is 0 Å². The van der Waals surface area contributed by atoms with Gasteiger partial charge in [0.05, 0.1) is 0 Å². The number of nitrogens with zero attached hydrogens (tertiary/aromatic N) is 1. The molecule has 0 unspecified atom stereocenters. The molecular formula is C12H13N3O3. The Morgan fingerprint density at radius 3 is 2.83 bits per heavy atom. The minimum Gasteiger partial charge on any atom is -0.486 e. The Labute approximate surface area is 104 Å². The number of hydrazine groups is 1. The molecule has 0 bridgehead atoms. The number of aryl methyl sites for hydroxylation is 1. The van der Waals surface area contributed by atoms with Gasteiger partial charge in [-0.3, -0.25) is 10.2 Å². The van der Waals surface area contributed by atoms with E-state index in [-0.39, 0.29) is 12.3 Å². The summed E-state index contributed by atoms with van der Waals surface area (Å²) in [5.41, 5.74) is 3.25. The van der Waals surface area contributed by atoms with E-state index >= 15 is 0 Å². The molecule has 2 rings (SSSR count). The van der Waals surface area contributed by atoms with Gasteiger partial charge in [-0.25, -0.2) is 5.84 Å². The van der Waals surface area contributed by atoms with Gasteiger partial charge in [0, 0.05) is 6.07 Å². The Morgan fingerprint density at radius 2 is 2.17 bits per heavy atom. The van der Waals surface area contributed by atoms with Gasteiger partial charge in [-0.05, 0) is 19.1 Å². The maximum atomic E-state index is 11.1. The lowest BCUT2D eigenvalue weighted by Gasteiger charge is -2.03. The zero-order valence-electron chi connectivity index (χ0n) is 9.84. The maximum Gasteiger partial charge on any atom is 0.287 e. The van der Waals surface area contributed by atoms with Crippen LogP contribution in [0, 0.1) is 6.92 Å². The van der Waals surface area contributed by atoms with E-state index in [9.17, 15) is 4.79 Å². The molecule has 6 nitrogen and oxygen atoms in total. The van der Waals surface area contributed by atoms with E-state index in [1.165, 1.54) is 6.07 Å². The summed E-state index contributed by atoms with van der Waals surface area (Å²) in [7, 11) is 0. The van der Waals surface area contributed by atoms with E-state index < -0.39 is 5.91 Å². The molecule has 0 spiro atoms. The van der Waals surface area contributed by atoms with Crippen LogP contribution < -0.4 is 16.0 Å². The average Bonchev–Trinajstić information content (AvgIpc) is 2.86. The largest absolute Gasteiger partial charge is 0.486 e. The third kappa shape index (κ3) is 2.86. The first-order valence-corrected chi connectivity index (χ1v) is 5.35. The zero-order chi connectivity index (χ0) is 13.0. The van der Waals surface area contributed by atoms with Gasteiger partial charge in [-0.2, -0.15) is 0 Å². The number of nitrogen functional groups attached to an aromatic ring is 1. The van der Waals surface area contributed by atoms with Crippen molar-refractivity contribution in [3.8, 4) is 5.75 Å². The summed E-state index contributed by atoms with van der Waals surface area (Å²) < 4.78 is 10.4. The van der Waals surface area contributed by atoms with Crippen LogP contribution in [0.2, 0.25) is 0 Å². The van der Waals surface area contributed by atoms with E-state index in [0.29, 0.717) is 5.76 Å². The first-order chi connectivity index (χ1) is 8.69. The molecule has 0 aliphatic carbocycles. The Bertz CT molecular complexity index is 534. The molecule has 1 aromatic heterocycles. The second kappa shape index (κ2) is 5.33. The summed E-state index contributed by atoms with van der Waals surface area (Å²) in [6.07, 6.45) is 0. The molecule has 2 aromatic rings. The Hall–Kier alpha value is -2.34. The SMILES string of the molecule is Cc1ccc(OCc2cc(C(=O)NN)no2)cc1. The fourth-order valence-corrected chi connectivity index (χ4v) is 1.35. The van der Waals surface area contributed by atoms with Crippen LogP contribution in [-0.4, -0.2) is 11.1 Å². The van der Waals surface area contributed by atoms with E-state index in [1.54, 1.807) is 0 Å². The third-order valence-corrected chi connectivity index (χ3v) is 2.32. The van der Waals surface area contributed by atoms with Crippen LogP contribution in [0.25, 0.3) is 0 Å². The molecule has 1 aromatic carbocycles. The summed E-state index contributed by atoms with van der Waals surface area (Å²) in [4.78, 5) is 11.1. The van der Waals surface area contributed by atoms with Crippen molar-refractivity contribution in [2.24, 2.45) is 5.84 Å². The number of carbonyl (C=O) groups is 1. The van der Waals surface area contributed by atoms with Crippen molar-refractivity contribution in [2.45, 2.75) is 13.5 Å². The summed E-state index contributed by atoms with van der Waals surface area (Å²) in [6, 6.07) is 9.10. The van der Waals surface area contributed by atoms with Crippen molar-refractivity contribution in [3.05, 3.63) is 47.3 Å². The highest BCUT2D eigenvalue weighted by Crippen LogP contribution is 2.14. The monoisotopic (exact) mass is 247 g/mol. The molecule has 1 amide bonds. The number of amides is 1. The van der Waals surface area contributed by atoms with Crippen molar-refractivity contribution in [1.82, 2.24) is 10.6 Å². The molecule has 18 heavy (non-hydrogen) atoms. The van der Waals surface area contributed by atoms with Crippen LogP contribution in [0.5, 0.6) is 5.75 Å². The standard InChI is InChI=1S/C12H13N3O3/c1-8-2-4-9(5-3-8)17-7-10-6-11(15-18-10)12(16)14-13/h2-6H,7,13H2,1H3,(H,14,16). The smallest absolute Gasteiger partial charge is 0.287 e. The lowest BCUT2D eigenvalue weighted by atomic mass is 10.2. The molecule has 0 radical (unpaired) electrons. The lowest BCUT2D eigenvalue weighted by Crippen LogP contribution is -2.30. The highest BCUT2D eigenvalue weighted by molar-refractivity contribution is 5.91. The summed E-state index contributed by atoms with van der Waals surface area (Å²) in [5.74, 6) is 5.66. The predicted molar refractivity (Wildman–Crippen MR) is 63.7 cm³/mol. The van der Waals surface area contributed by atoms with Crippen LogP contribution in [0.4, 0.5) is 0 Å². The highest BCUT2D eigenvalue weighted by Gasteiger charge is 2.11. The average molecular weight is 247 g/mol. The van der Waals surface area contributed by atoms with Crippen molar-refractivity contribution in [2.75, 3.05) is 0 Å². The van der Waals surface area contributed by atoms with Crippen LogP contribution in [0.3, 0.4) is 0 Å². The van der Waals surface area contributed by atoms with Crippen LogP contribution in [0.15, 0.2) is 34.9 Å². The van der Waals surface area contributed by atoms with Crippen LogP contribution in [0.1, 0.15) is 21.8 Å². The first-order valence-electron chi connectivity index (χ1n) is 5.35. The number of carbonyl (C=O) groups excluding carboxylic acids is 1. The molecule has 94 valence electrons. The quantitative estimate of drug-likeness (QED) is 0.480. The number of aromatic nitrogens is 1. The van der Waals surface area contributed by atoms with E-state index in [4.69, 9.17) is 15.1 Å². The molecular weight excluding hydrogens is 234 g/mol. The fraction of sp³-hybridized carbons (Fsp3) is 0.167. The van der Waals surface area contributed by atoms with Crippen molar-refractivity contribution < 1.29 is 14.1 Å². The van der Waals surface area contributed by atoms with Gasteiger partial charge in [0.1, 0.15) is 12.4 Å². The summed E-state index contributed by atoms with van der Waals surface area (Å²) in [5, 5.41) is 3.57.